The van der Waals surface area contributed by atoms with E-state index in [-0.39, 0.29) is 16.9 Å². The van der Waals surface area contributed by atoms with Crippen LogP contribution in [0.1, 0.15) is 71.6 Å². The van der Waals surface area contributed by atoms with E-state index < -0.39 is 11.8 Å². The Morgan fingerprint density at radius 3 is 1.85 bits per heavy atom. The number of hydrazine groups is 1. The van der Waals surface area contributed by atoms with Crippen molar-refractivity contribution in [3.63, 3.8) is 0 Å². The number of benzene rings is 1. The Morgan fingerprint density at radius 2 is 1.50 bits per heavy atom. The molecule has 0 aliphatic rings. The molecule has 6 nitrogen and oxygen atoms in total. The quantitative estimate of drug-likeness (QED) is 0.285. The smallest absolute Gasteiger partial charge is 0.323 e. The summed E-state index contributed by atoms with van der Waals surface area (Å²) >= 11 is 0. The maximum Gasteiger partial charge on any atom is 0.323 e. The molecule has 6 heteroatoms. The summed E-state index contributed by atoms with van der Waals surface area (Å²) in [5, 5.41) is 13.5. The molecule has 0 aliphatic carbocycles. The first kappa shape index (κ1) is 22.0. The molecular formula is C20H33N3O3. The van der Waals surface area contributed by atoms with Crippen molar-refractivity contribution in [2.24, 2.45) is 5.84 Å². The van der Waals surface area contributed by atoms with Gasteiger partial charge in [0.1, 0.15) is 5.75 Å². The topological polar surface area (TPSA) is 104 Å². The molecular weight excluding hydrogens is 330 g/mol. The molecule has 0 aromatic heterocycles. The van der Waals surface area contributed by atoms with Crippen molar-refractivity contribution in [2.45, 2.75) is 78.2 Å². The first-order valence-corrected chi connectivity index (χ1v) is 8.99. The zero-order valence-electron chi connectivity index (χ0n) is 17.0. The van der Waals surface area contributed by atoms with Gasteiger partial charge in [0.25, 0.3) is 0 Å². The van der Waals surface area contributed by atoms with Gasteiger partial charge in [-0.1, -0.05) is 60.6 Å². The maximum atomic E-state index is 11.8. The molecule has 0 spiro atoms. The van der Waals surface area contributed by atoms with E-state index >= 15 is 0 Å². The zero-order valence-corrected chi connectivity index (χ0v) is 17.0. The molecule has 5 N–H and O–H groups in total. The number of carbonyl (C=O) groups excluding carboxylic acids is 2. The molecule has 26 heavy (non-hydrogen) atoms. The van der Waals surface area contributed by atoms with E-state index in [1.165, 1.54) is 0 Å². The van der Waals surface area contributed by atoms with Crippen LogP contribution in [-0.4, -0.2) is 23.0 Å². The van der Waals surface area contributed by atoms with Crippen LogP contribution in [0.4, 0.5) is 0 Å². The minimum Gasteiger partial charge on any atom is -0.507 e. The van der Waals surface area contributed by atoms with E-state index in [1.54, 1.807) is 0 Å². The average Bonchev–Trinajstić information content (AvgIpc) is 2.52. The minimum absolute atomic E-state index is 0.204. The zero-order chi connectivity index (χ0) is 20.3. The summed E-state index contributed by atoms with van der Waals surface area (Å²) in [5.41, 5.74) is 4.17. The van der Waals surface area contributed by atoms with Crippen LogP contribution in [-0.2, 0) is 26.8 Å². The highest BCUT2D eigenvalue weighted by Crippen LogP contribution is 2.40. The molecule has 0 aliphatic heterocycles. The van der Waals surface area contributed by atoms with Crippen molar-refractivity contribution in [3.05, 3.63) is 28.8 Å². The van der Waals surface area contributed by atoms with Crippen LogP contribution >= 0.6 is 0 Å². The molecule has 1 rings (SSSR count). The third-order valence-electron chi connectivity index (χ3n) is 4.43. The number of nitrogens with two attached hydrogens (primary N) is 1. The van der Waals surface area contributed by atoms with E-state index in [1.807, 2.05) is 24.5 Å². The summed E-state index contributed by atoms with van der Waals surface area (Å²) in [7, 11) is 0. The van der Waals surface area contributed by atoms with Crippen LogP contribution in [0.5, 0.6) is 5.75 Å². The summed E-state index contributed by atoms with van der Waals surface area (Å²) in [6.45, 7) is 14.3. The lowest BCUT2D eigenvalue weighted by Gasteiger charge is -2.29. The van der Waals surface area contributed by atoms with Gasteiger partial charge in [0, 0.05) is 6.04 Å². The molecule has 0 radical (unpaired) electrons. The number of phenolic OH excluding ortho intramolecular Hbond substituents is 1. The van der Waals surface area contributed by atoms with E-state index in [9.17, 15) is 14.7 Å². The van der Waals surface area contributed by atoms with Gasteiger partial charge in [-0.2, -0.15) is 0 Å². The lowest BCUT2D eigenvalue weighted by molar-refractivity contribution is -0.139. The van der Waals surface area contributed by atoms with Gasteiger partial charge in [-0.05, 0) is 40.4 Å². The standard InChI is InChI=1S/C20H33N3O3/c1-8-13(22-17(25)18(26)23-21)9-12-10-14(19(2,3)4)16(24)15(11-12)20(5,6)7/h10-11,13,24H,8-9,21H2,1-7H3,(H,22,25)(H,23,26). The minimum atomic E-state index is -0.861. The first-order chi connectivity index (χ1) is 11.8. The van der Waals surface area contributed by atoms with E-state index in [2.05, 4.69) is 46.9 Å². The van der Waals surface area contributed by atoms with Crippen molar-refractivity contribution in [3.8, 4) is 5.75 Å². The fourth-order valence-corrected chi connectivity index (χ4v) is 2.85. The van der Waals surface area contributed by atoms with Crippen molar-refractivity contribution < 1.29 is 14.7 Å². The number of nitrogens with one attached hydrogen (secondary N) is 2. The lowest BCUT2D eigenvalue weighted by atomic mass is 9.78. The van der Waals surface area contributed by atoms with E-state index in [0.29, 0.717) is 18.6 Å². The van der Waals surface area contributed by atoms with Crippen LogP contribution in [0.3, 0.4) is 0 Å². The van der Waals surface area contributed by atoms with Gasteiger partial charge in [-0.25, -0.2) is 5.84 Å². The van der Waals surface area contributed by atoms with Gasteiger partial charge in [0.15, 0.2) is 0 Å². The number of rotatable bonds is 4. The van der Waals surface area contributed by atoms with Gasteiger partial charge in [0.05, 0.1) is 0 Å². The molecule has 0 saturated carbocycles. The van der Waals surface area contributed by atoms with Gasteiger partial charge in [-0.15, -0.1) is 0 Å². The van der Waals surface area contributed by atoms with Crippen molar-refractivity contribution in [1.82, 2.24) is 10.7 Å². The Labute approximate surface area is 156 Å². The summed E-state index contributed by atoms with van der Waals surface area (Å²) in [5.74, 6) is 3.73. The Kier molecular flexibility index (Phi) is 6.82. The number of phenols is 1. The molecule has 1 unspecified atom stereocenters. The highest BCUT2D eigenvalue weighted by atomic mass is 16.3. The summed E-state index contributed by atoms with van der Waals surface area (Å²) < 4.78 is 0. The number of hydrogen-bond acceptors (Lipinski definition) is 4. The molecule has 1 aromatic rings. The Balaban J connectivity index is 3.26. The second-order valence-electron chi connectivity index (χ2n) is 8.80. The highest BCUT2D eigenvalue weighted by Gasteiger charge is 2.27. The highest BCUT2D eigenvalue weighted by molar-refractivity contribution is 6.34. The second kappa shape index (κ2) is 8.08. The van der Waals surface area contributed by atoms with E-state index in [0.717, 1.165) is 16.7 Å². The number of amides is 2. The normalized spacial score (nSPS) is 13.2. The van der Waals surface area contributed by atoms with E-state index in [4.69, 9.17) is 5.84 Å². The maximum absolute atomic E-state index is 11.8. The first-order valence-electron chi connectivity index (χ1n) is 8.99. The van der Waals surface area contributed by atoms with Crippen molar-refractivity contribution >= 4 is 11.8 Å². The van der Waals surface area contributed by atoms with Gasteiger partial charge in [0.2, 0.25) is 0 Å². The Hall–Kier alpha value is -2.08. The van der Waals surface area contributed by atoms with Crippen LogP contribution in [0.15, 0.2) is 12.1 Å². The molecule has 146 valence electrons. The fourth-order valence-electron chi connectivity index (χ4n) is 2.85. The van der Waals surface area contributed by atoms with Crippen molar-refractivity contribution in [2.75, 3.05) is 0 Å². The molecule has 0 bridgehead atoms. The number of aromatic hydroxyl groups is 1. The molecule has 1 aromatic carbocycles. The van der Waals surface area contributed by atoms with Crippen molar-refractivity contribution in [1.29, 1.82) is 0 Å². The lowest BCUT2D eigenvalue weighted by Crippen LogP contribution is -2.47. The van der Waals surface area contributed by atoms with Crippen LogP contribution < -0.4 is 16.6 Å². The third kappa shape index (κ3) is 5.46. The molecule has 0 heterocycles. The third-order valence-corrected chi connectivity index (χ3v) is 4.43. The molecule has 0 fully saturated rings. The number of hydrogen-bond donors (Lipinski definition) is 4. The Bertz CT molecular complexity index is 635. The SMILES string of the molecule is CCC(Cc1cc(C(C)(C)C)c(O)c(C(C)(C)C)c1)NC(=O)C(=O)NN. The second-order valence-corrected chi connectivity index (χ2v) is 8.80. The summed E-state index contributed by atoms with van der Waals surface area (Å²) in [4.78, 5) is 23.1. The predicted molar refractivity (Wildman–Crippen MR) is 104 cm³/mol. The Morgan fingerprint density at radius 1 is 1.04 bits per heavy atom. The van der Waals surface area contributed by atoms with Crippen LogP contribution in [0, 0.1) is 0 Å². The van der Waals surface area contributed by atoms with Gasteiger partial charge >= 0.3 is 11.8 Å². The van der Waals surface area contributed by atoms with Crippen LogP contribution in [0.25, 0.3) is 0 Å². The molecule has 2 amide bonds. The van der Waals surface area contributed by atoms with Crippen LogP contribution in [0.2, 0.25) is 0 Å². The summed E-state index contributed by atoms with van der Waals surface area (Å²) in [6, 6.07) is 3.77. The monoisotopic (exact) mass is 363 g/mol. The largest absolute Gasteiger partial charge is 0.507 e. The number of carbonyl (C=O) groups is 2. The van der Waals surface area contributed by atoms with Gasteiger partial charge in [-0.3, -0.25) is 15.0 Å². The molecule has 1 atom stereocenters. The average molecular weight is 364 g/mol. The molecule has 0 saturated heterocycles. The predicted octanol–water partition coefficient (Wildman–Crippen LogP) is 2.41. The van der Waals surface area contributed by atoms with Gasteiger partial charge < -0.3 is 10.4 Å². The fraction of sp³-hybridized carbons (Fsp3) is 0.600. The summed E-state index contributed by atoms with van der Waals surface area (Å²) in [6.07, 6.45) is 1.23.